The van der Waals surface area contributed by atoms with Crippen LogP contribution in [0.25, 0.3) is 21.2 Å². The molecule has 3 rings (SSSR count). The minimum atomic E-state index is 1.37. The molecule has 2 heteroatoms. The van der Waals surface area contributed by atoms with Crippen molar-refractivity contribution in [1.82, 2.24) is 0 Å². The minimum absolute atomic E-state index is 1.37. The molecule has 1 aliphatic heterocycles. The van der Waals surface area contributed by atoms with Crippen LogP contribution in [0, 0.1) is 6.92 Å². The first-order valence-electron chi connectivity index (χ1n) is 4.23. The number of hydrogen-bond acceptors (Lipinski definition) is 2. The van der Waals surface area contributed by atoms with Gasteiger partial charge >= 0.3 is 0 Å². The zero-order valence-electron chi connectivity index (χ0n) is 7.20. The summed E-state index contributed by atoms with van der Waals surface area (Å²) in [6.45, 7) is 2.20. The van der Waals surface area contributed by atoms with Gasteiger partial charge in [-0.05, 0) is 23.8 Å². The van der Waals surface area contributed by atoms with E-state index in [1.807, 2.05) is 20.7 Å². The van der Waals surface area contributed by atoms with Crippen LogP contribution in [0.15, 0.2) is 30.3 Å². The summed E-state index contributed by atoms with van der Waals surface area (Å²) in [5.41, 5.74) is 1.46. The molecule has 0 nitrogen and oxygen atoms in total. The highest BCUT2D eigenvalue weighted by Crippen LogP contribution is 2.43. The third-order valence-electron chi connectivity index (χ3n) is 2.37. The van der Waals surface area contributed by atoms with E-state index >= 15 is 0 Å². The van der Waals surface area contributed by atoms with Crippen LogP contribution in [0.2, 0.25) is 0 Å². The van der Waals surface area contributed by atoms with Gasteiger partial charge in [-0.2, -0.15) is 0 Å². The highest BCUT2D eigenvalue weighted by molar-refractivity contribution is 7.71. The van der Waals surface area contributed by atoms with Crippen LogP contribution in [0.5, 0.6) is 0 Å². The van der Waals surface area contributed by atoms with Crippen LogP contribution >= 0.6 is 20.7 Å². The minimum Gasteiger partial charge on any atom is -0.0842 e. The smallest absolute Gasteiger partial charge is 0.0472 e. The summed E-state index contributed by atoms with van der Waals surface area (Å²) in [5, 5.41) is 2.78. The molecule has 2 aliphatic rings. The Morgan fingerprint density at radius 3 is 2.85 bits per heavy atom. The molecule has 0 atom stereocenters. The van der Waals surface area contributed by atoms with Crippen LogP contribution in [0.4, 0.5) is 0 Å². The van der Waals surface area contributed by atoms with E-state index in [9.17, 15) is 0 Å². The summed E-state index contributed by atoms with van der Waals surface area (Å²) in [6.07, 6.45) is 0. The lowest BCUT2D eigenvalue weighted by atomic mass is 10.1. The Morgan fingerprint density at radius 2 is 1.92 bits per heavy atom. The molecular formula is C11H8S2. The van der Waals surface area contributed by atoms with Gasteiger partial charge in [-0.1, -0.05) is 44.9 Å². The second-order valence-corrected chi connectivity index (χ2v) is 5.58. The van der Waals surface area contributed by atoms with Gasteiger partial charge in [0.25, 0.3) is 0 Å². The van der Waals surface area contributed by atoms with Gasteiger partial charge in [-0.3, -0.25) is 0 Å². The van der Waals surface area contributed by atoms with E-state index < -0.39 is 0 Å². The largest absolute Gasteiger partial charge is 0.0842 e. The van der Waals surface area contributed by atoms with E-state index in [1.165, 1.54) is 26.1 Å². The molecule has 0 amide bonds. The van der Waals surface area contributed by atoms with Gasteiger partial charge in [0, 0.05) is 15.3 Å². The maximum atomic E-state index is 2.29. The van der Waals surface area contributed by atoms with Crippen molar-refractivity contribution < 1.29 is 0 Å². The standard InChI is InChI=1S/C11H8S2/c1-7-11-9-5-3-2-4-8(9)6-10(11)13-12-7/h2-6H,1H3. The molecule has 1 aromatic carbocycles. The van der Waals surface area contributed by atoms with Gasteiger partial charge in [0.15, 0.2) is 0 Å². The molecule has 0 saturated heterocycles. The Kier molecular flexibility index (Phi) is 1.49. The van der Waals surface area contributed by atoms with Crippen LogP contribution in [-0.4, -0.2) is 0 Å². The first-order valence-corrected chi connectivity index (χ1v) is 6.38. The van der Waals surface area contributed by atoms with E-state index in [0.717, 1.165) is 0 Å². The fourth-order valence-electron chi connectivity index (χ4n) is 1.77. The molecule has 64 valence electrons. The Hall–Kier alpha value is -0.860. The number of benzene rings is 1. The monoisotopic (exact) mass is 204 g/mol. The molecule has 0 spiro atoms. The van der Waals surface area contributed by atoms with E-state index in [1.54, 1.807) is 0 Å². The van der Waals surface area contributed by atoms with Crippen molar-refractivity contribution in [3.8, 4) is 10.4 Å². The number of aryl methyl sites for hydroxylation is 1. The van der Waals surface area contributed by atoms with Crippen molar-refractivity contribution in [2.75, 3.05) is 0 Å². The highest BCUT2D eigenvalue weighted by atomic mass is 32.9. The summed E-state index contributed by atoms with van der Waals surface area (Å²) in [4.78, 5) is 2.88. The van der Waals surface area contributed by atoms with Crippen LogP contribution in [0.3, 0.4) is 0 Å². The van der Waals surface area contributed by atoms with Crippen molar-refractivity contribution in [3.05, 3.63) is 35.2 Å². The fraction of sp³-hybridized carbons (Fsp3) is 0.0909. The number of hydrogen-bond donors (Lipinski definition) is 0. The first-order chi connectivity index (χ1) is 6.36. The molecule has 0 radical (unpaired) electrons. The molecule has 0 N–H and O–H groups in total. The molecule has 1 aromatic rings. The van der Waals surface area contributed by atoms with Crippen molar-refractivity contribution >= 4 is 31.5 Å². The lowest BCUT2D eigenvalue weighted by Crippen LogP contribution is -1.67. The van der Waals surface area contributed by atoms with E-state index in [0.29, 0.717) is 0 Å². The maximum Gasteiger partial charge on any atom is 0.0472 e. The van der Waals surface area contributed by atoms with Crippen LogP contribution in [0.1, 0.15) is 4.88 Å². The summed E-state index contributed by atoms with van der Waals surface area (Å²) in [7, 11) is 3.76. The Bertz CT molecular complexity index is 530. The third kappa shape index (κ3) is 0.960. The van der Waals surface area contributed by atoms with Crippen LogP contribution < -0.4 is 0 Å². The topological polar surface area (TPSA) is 0 Å². The summed E-state index contributed by atoms with van der Waals surface area (Å²) < 4.78 is 0. The second-order valence-electron chi connectivity index (χ2n) is 3.19. The quantitative estimate of drug-likeness (QED) is 0.477. The van der Waals surface area contributed by atoms with Gasteiger partial charge in [0.1, 0.15) is 0 Å². The van der Waals surface area contributed by atoms with E-state index in [4.69, 9.17) is 0 Å². The second kappa shape index (κ2) is 2.56. The summed E-state index contributed by atoms with van der Waals surface area (Å²) in [6, 6.07) is 10.9. The summed E-state index contributed by atoms with van der Waals surface area (Å²) >= 11 is 0. The van der Waals surface area contributed by atoms with Crippen molar-refractivity contribution in [1.29, 1.82) is 0 Å². The van der Waals surface area contributed by atoms with Crippen molar-refractivity contribution in [3.63, 3.8) is 0 Å². The van der Waals surface area contributed by atoms with Gasteiger partial charge in [0.2, 0.25) is 0 Å². The fourth-order valence-corrected chi connectivity index (χ4v) is 4.17. The average Bonchev–Trinajstić information content (AvgIpc) is 2.66. The van der Waals surface area contributed by atoms with Crippen molar-refractivity contribution in [2.24, 2.45) is 0 Å². The molecular weight excluding hydrogens is 196 g/mol. The molecule has 0 aromatic heterocycles. The Balaban J connectivity index is 2.57. The van der Waals surface area contributed by atoms with Crippen LogP contribution in [-0.2, 0) is 0 Å². The van der Waals surface area contributed by atoms with Gasteiger partial charge in [-0.25, -0.2) is 0 Å². The SMILES string of the molecule is Cc1ssc2cc3ccccc3c1-2. The zero-order valence-corrected chi connectivity index (χ0v) is 8.84. The number of rotatable bonds is 0. The van der Waals surface area contributed by atoms with Gasteiger partial charge in [0.05, 0.1) is 0 Å². The zero-order chi connectivity index (χ0) is 8.84. The lowest BCUT2D eigenvalue weighted by molar-refractivity contribution is 1.65. The molecule has 0 fully saturated rings. The predicted octanol–water partition coefficient (Wildman–Crippen LogP) is 4.38. The first kappa shape index (κ1) is 7.54. The molecule has 0 bridgehead atoms. The molecule has 1 heterocycles. The third-order valence-corrected chi connectivity index (χ3v) is 4.95. The number of fused-ring (bicyclic) bond motifs is 3. The van der Waals surface area contributed by atoms with Gasteiger partial charge in [-0.15, -0.1) is 0 Å². The molecule has 1 aliphatic carbocycles. The summed E-state index contributed by atoms with van der Waals surface area (Å²) in [5.74, 6) is 0. The maximum absolute atomic E-state index is 2.29. The lowest BCUT2D eigenvalue weighted by Gasteiger charge is -1.91. The molecule has 13 heavy (non-hydrogen) atoms. The van der Waals surface area contributed by atoms with E-state index in [2.05, 4.69) is 37.3 Å². The normalized spacial score (nSPS) is 11.5. The van der Waals surface area contributed by atoms with Gasteiger partial charge < -0.3 is 0 Å². The highest BCUT2D eigenvalue weighted by Gasteiger charge is 2.13. The Labute approximate surface area is 84.2 Å². The average molecular weight is 204 g/mol. The van der Waals surface area contributed by atoms with Crippen molar-refractivity contribution in [2.45, 2.75) is 6.92 Å². The molecule has 0 unspecified atom stereocenters. The molecule has 0 saturated carbocycles. The Morgan fingerprint density at radius 1 is 1.08 bits per heavy atom. The predicted molar refractivity (Wildman–Crippen MR) is 61.1 cm³/mol. The van der Waals surface area contributed by atoms with E-state index in [-0.39, 0.29) is 0 Å².